The van der Waals surface area contributed by atoms with Gasteiger partial charge in [0.15, 0.2) is 0 Å². The molecule has 2 aromatic carbocycles. The molecule has 22 heavy (non-hydrogen) atoms. The van der Waals surface area contributed by atoms with E-state index in [-0.39, 0.29) is 0 Å². The van der Waals surface area contributed by atoms with E-state index in [1.54, 1.807) is 0 Å². The van der Waals surface area contributed by atoms with Crippen LogP contribution < -0.4 is 9.80 Å². The zero-order chi connectivity index (χ0) is 14.9. The van der Waals surface area contributed by atoms with Crippen LogP contribution in [0.3, 0.4) is 0 Å². The van der Waals surface area contributed by atoms with Crippen molar-refractivity contribution in [2.24, 2.45) is 5.92 Å². The van der Waals surface area contributed by atoms with E-state index in [0.717, 1.165) is 12.5 Å². The SMILES string of the molecule is CN1c2ccccc2N(Cc2ccccc2)CC2CCCC21. The van der Waals surface area contributed by atoms with Crippen LogP contribution in [0.25, 0.3) is 0 Å². The minimum absolute atomic E-state index is 0.710. The van der Waals surface area contributed by atoms with Gasteiger partial charge in [0.25, 0.3) is 0 Å². The van der Waals surface area contributed by atoms with Crippen molar-refractivity contribution in [1.82, 2.24) is 0 Å². The van der Waals surface area contributed by atoms with Gasteiger partial charge in [0.05, 0.1) is 11.4 Å². The van der Waals surface area contributed by atoms with Crippen molar-refractivity contribution in [3.8, 4) is 0 Å². The summed E-state index contributed by atoms with van der Waals surface area (Å²) in [5, 5.41) is 0. The van der Waals surface area contributed by atoms with Gasteiger partial charge >= 0.3 is 0 Å². The molecule has 0 N–H and O–H groups in total. The highest BCUT2D eigenvalue weighted by atomic mass is 15.2. The second-order valence-corrected chi connectivity index (χ2v) is 6.72. The molecule has 2 unspecified atom stereocenters. The fraction of sp³-hybridized carbons (Fsp3) is 0.400. The van der Waals surface area contributed by atoms with Crippen LogP contribution in [0.2, 0.25) is 0 Å². The van der Waals surface area contributed by atoms with Gasteiger partial charge in [-0.25, -0.2) is 0 Å². The first-order valence-electron chi connectivity index (χ1n) is 8.43. The minimum Gasteiger partial charge on any atom is -0.370 e. The maximum Gasteiger partial charge on any atom is 0.0607 e. The summed E-state index contributed by atoms with van der Waals surface area (Å²) < 4.78 is 0. The van der Waals surface area contributed by atoms with Gasteiger partial charge in [-0.2, -0.15) is 0 Å². The average molecular weight is 292 g/mol. The number of fused-ring (bicyclic) bond motifs is 2. The molecule has 0 bridgehead atoms. The van der Waals surface area contributed by atoms with Crippen LogP contribution in [0.15, 0.2) is 54.6 Å². The Kier molecular flexibility index (Phi) is 3.53. The quantitative estimate of drug-likeness (QED) is 0.813. The van der Waals surface area contributed by atoms with Crippen LogP contribution in [0, 0.1) is 5.92 Å². The molecule has 1 saturated carbocycles. The van der Waals surface area contributed by atoms with E-state index >= 15 is 0 Å². The molecule has 1 fully saturated rings. The van der Waals surface area contributed by atoms with Gasteiger partial charge in [0, 0.05) is 26.2 Å². The summed E-state index contributed by atoms with van der Waals surface area (Å²) in [6, 6.07) is 20.5. The standard InChI is InChI=1S/C20H24N2/c1-21-18-13-7-10-17(18)15-22(14-16-8-3-2-4-9-16)20-12-6-5-11-19(20)21/h2-6,8-9,11-12,17-18H,7,10,13-15H2,1H3. The van der Waals surface area contributed by atoms with Crippen molar-refractivity contribution >= 4 is 11.4 Å². The van der Waals surface area contributed by atoms with Crippen molar-refractivity contribution in [3.05, 3.63) is 60.2 Å². The maximum absolute atomic E-state index is 2.59. The first-order valence-corrected chi connectivity index (χ1v) is 8.43. The second kappa shape index (κ2) is 5.68. The third kappa shape index (κ3) is 2.37. The summed E-state index contributed by atoms with van der Waals surface area (Å²) in [6.45, 7) is 2.19. The highest BCUT2D eigenvalue weighted by Gasteiger charge is 2.36. The Hall–Kier alpha value is -1.96. The lowest BCUT2D eigenvalue weighted by atomic mass is 10.0. The van der Waals surface area contributed by atoms with Crippen molar-refractivity contribution in [2.45, 2.75) is 31.8 Å². The molecule has 0 amide bonds. The number of hydrogen-bond donors (Lipinski definition) is 0. The topological polar surface area (TPSA) is 6.48 Å². The van der Waals surface area contributed by atoms with Crippen LogP contribution in [0.4, 0.5) is 11.4 Å². The number of hydrogen-bond acceptors (Lipinski definition) is 2. The van der Waals surface area contributed by atoms with Crippen LogP contribution in [0.1, 0.15) is 24.8 Å². The van der Waals surface area contributed by atoms with Gasteiger partial charge in [-0.3, -0.25) is 0 Å². The van der Waals surface area contributed by atoms with Crippen molar-refractivity contribution < 1.29 is 0 Å². The highest BCUT2D eigenvalue weighted by molar-refractivity contribution is 5.72. The minimum atomic E-state index is 0.710. The predicted octanol–water partition coefficient (Wildman–Crippen LogP) is 4.31. The zero-order valence-corrected chi connectivity index (χ0v) is 13.3. The molecule has 114 valence electrons. The normalized spacial score (nSPS) is 23.9. The number of para-hydroxylation sites is 2. The summed E-state index contributed by atoms with van der Waals surface area (Å²) in [7, 11) is 2.29. The fourth-order valence-corrected chi connectivity index (χ4v) is 4.28. The lowest BCUT2D eigenvalue weighted by Gasteiger charge is -2.28. The second-order valence-electron chi connectivity index (χ2n) is 6.72. The summed E-state index contributed by atoms with van der Waals surface area (Å²) >= 11 is 0. The monoisotopic (exact) mass is 292 g/mol. The van der Waals surface area contributed by atoms with Crippen LogP contribution in [-0.4, -0.2) is 19.6 Å². The maximum atomic E-state index is 2.59. The molecule has 1 aliphatic heterocycles. The Balaban J connectivity index is 1.72. The fourth-order valence-electron chi connectivity index (χ4n) is 4.28. The Morgan fingerprint density at radius 2 is 1.64 bits per heavy atom. The van der Waals surface area contributed by atoms with Crippen LogP contribution in [-0.2, 0) is 6.54 Å². The highest BCUT2D eigenvalue weighted by Crippen LogP contribution is 2.41. The van der Waals surface area contributed by atoms with Crippen molar-refractivity contribution in [1.29, 1.82) is 0 Å². The van der Waals surface area contributed by atoms with Gasteiger partial charge in [-0.1, -0.05) is 48.9 Å². The number of anilines is 2. The number of nitrogens with zero attached hydrogens (tertiary/aromatic N) is 2. The van der Waals surface area contributed by atoms with E-state index in [1.807, 2.05) is 0 Å². The van der Waals surface area contributed by atoms with E-state index in [4.69, 9.17) is 0 Å². The van der Waals surface area contributed by atoms with Gasteiger partial charge < -0.3 is 9.80 Å². The van der Waals surface area contributed by atoms with E-state index in [2.05, 4.69) is 71.4 Å². The third-order valence-corrected chi connectivity index (χ3v) is 5.39. The lowest BCUT2D eigenvalue weighted by molar-refractivity contribution is 0.468. The average Bonchev–Trinajstić information content (AvgIpc) is 2.99. The van der Waals surface area contributed by atoms with Gasteiger partial charge in [-0.15, -0.1) is 0 Å². The molecule has 4 rings (SSSR count). The van der Waals surface area contributed by atoms with E-state index in [9.17, 15) is 0 Å². The molecule has 2 nitrogen and oxygen atoms in total. The lowest BCUT2D eigenvalue weighted by Crippen LogP contribution is -2.36. The number of benzene rings is 2. The van der Waals surface area contributed by atoms with Gasteiger partial charge in [0.1, 0.15) is 0 Å². The molecule has 2 aromatic rings. The molecule has 2 atom stereocenters. The molecule has 1 aliphatic carbocycles. The van der Waals surface area contributed by atoms with Crippen LogP contribution in [0.5, 0.6) is 0 Å². The van der Waals surface area contributed by atoms with E-state index < -0.39 is 0 Å². The Bertz CT molecular complexity index is 637. The molecule has 1 heterocycles. The first kappa shape index (κ1) is 13.7. The zero-order valence-electron chi connectivity index (χ0n) is 13.3. The molecule has 0 aromatic heterocycles. The Morgan fingerprint density at radius 3 is 2.45 bits per heavy atom. The summed E-state index contributed by atoms with van der Waals surface area (Å²) in [5.74, 6) is 0.793. The Labute approximate surface area is 133 Å². The summed E-state index contributed by atoms with van der Waals surface area (Å²) in [5.41, 5.74) is 4.19. The molecule has 0 spiro atoms. The molecule has 2 heteroatoms. The molecular weight excluding hydrogens is 268 g/mol. The van der Waals surface area contributed by atoms with E-state index in [0.29, 0.717) is 6.04 Å². The summed E-state index contributed by atoms with van der Waals surface area (Å²) in [6.07, 6.45) is 4.09. The molecule has 0 radical (unpaired) electrons. The number of rotatable bonds is 2. The van der Waals surface area contributed by atoms with Gasteiger partial charge in [0.2, 0.25) is 0 Å². The molecule has 0 saturated heterocycles. The largest absolute Gasteiger partial charge is 0.370 e. The molecular formula is C20H24N2. The smallest absolute Gasteiger partial charge is 0.0607 e. The van der Waals surface area contributed by atoms with Crippen molar-refractivity contribution in [3.63, 3.8) is 0 Å². The van der Waals surface area contributed by atoms with Crippen molar-refractivity contribution in [2.75, 3.05) is 23.4 Å². The summed E-state index contributed by atoms with van der Waals surface area (Å²) in [4.78, 5) is 5.13. The van der Waals surface area contributed by atoms with Gasteiger partial charge in [-0.05, 0) is 36.5 Å². The molecule has 2 aliphatic rings. The first-order chi connectivity index (χ1) is 10.8. The Morgan fingerprint density at radius 1 is 0.909 bits per heavy atom. The van der Waals surface area contributed by atoms with E-state index in [1.165, 1.54) is 42.7 Å². The predicted molar refractivity (Wildman–Crippen MR) is 93.5 cm³/mol. The third-order valence-electron chi connectivity index (χ3n) is 5.39. The van der Waals surface area contributed by atoms with Crippen LogP contribution >= 0.6 is 0 Å².